The zero-order valence-electron chi connectivity index (χ0n) is 36.5. The molecule has 62 heavy (non-hydrogen) atoms. The van der Waals surface area contributed by atoms with E-state index in [1.165, 1.54) is 0 Å². The summed E-state index contributed by atoms with van der Waals surface area (Å²) in [5.41, 5.74) is 0.124. The average Bonchev–Trinajstić information content (AvgIpc) is 3.69. The summed E-state index contributed by atoms with van der Waals surface area (Å²) in [7, 11) is 0. The number of aliphatic hydroxyl groups excluding tert-OH is 10. The van der Waals surface area contributed by atoms with Gasteiger partial charge in [-0.15, -0.1) is 0 Å². The average molecular weight is 891 g/mol. The molecule has 0 spiro atoms. The highest BCUT2D eigenvalue weighted by molar-refractivity contribution is 5.15. The van der Waals surface area contributed by atoms with E-state index in [1.807, 2.05) is 6.92 Å². The number of ether oxygens (including phenoxy) is 7. The molecule has 358 valence electrons. The van der Waals surface area contributed by atoms with Crippen LogP contribution in [0.3, 0.4) is 0 Å². The monoisotopic (exact) mass is 890 g/mol. The highest BCUT2D eigenvalue weighted by atomic mass is 16.7. The molecule has 0 amide bonds. The molecular formula is C44H74O18. The van der Waals surface area contributed by atoms with Crippen molar-refractivity contribution in [2.24, 2.45) is 52.3 Å². The predicted octanol–water partition coefficient (Wildman–Crippen LogP) is -1.14. The van der Waals surface area contributed by atoms with Gasteiger partial charge in [-0.2, -0.15) is 0 Å². The van der Waals surface area contributed by atoms with Crippen LogP contribution in [0.15, 0.2) is 0 Å². The van der Waals surface area contributed by atoms with Gasteiger partial charge in [0.15, 0.2) is 24.7 Å². The minimum Gasteiger partial charge on any atom is -0.394 e. The number of aliphatic hydroxyl groups is 11. The molecule has 0 aromatic carbocycles. The van der Waals surface area contributed by atoms with Crippen molar-refractivity contribution in [2.45, 2.75) is 196 Å². The van der Waals surface area contributed by atoms with E-state index < -0.39 is 98.4 Å². The van der Waals surface area contributed by atoms with E-state index in [9.17, 15) is 56.2 Å². The van der Waals surface area contributed by atoms with Crippen LogP contribution in [0.5, 0.6) is 0 Å². The van der Waals surface area contributed by atoms with Crippen LogP contribution in [-0.4, -0.2) is 187 Å². The number of hydrogen-bond acceptors (Lipinski definition) is 18. The van der Waals surface area contributed by atoms with Gasteiger partial charge >= 0.3 is 0 Å². The van der Waals surface area contributed by atoms with Crippen molar-refractivity contribution in [1.29, 1.82) is 0 Å². The Balaban J connectivity index is 0.833. The molecule has 1 unspecified atom stereocenters. The maximum Gasteiger partial charge on any atom is 0.186 e. The molecule has 18 heteroatoms. The van der Waals surface area contributed by atoms with Crippen LogP contribution in [0.4, 0.5) is 0 Å². The molecule has 4 aliphatic heterocycles. The Morgan fingerprint density at radius 2 is 1.35 bits per heavy atom. The van der Waals surface area contributed by atoms with Gasteiger partial charge in [0.25, 0.3) is 0 Å². The summed E-state index contributed by atoms with van der Waals surface area (Å²) >= 11 is 0. The summed E-state index contributed by atoms with van der Waals surface area (Å²) in [5, 5.41) is 115. The molecule has 4 saturated heterocycles. The minimum absolute atomic E-state index is 0.0272. The Labute approximate surface area is 363 Å². The van der Waals surface area contributed by atoms with Gasteiger partial charge in [0.1, 0.15) is 67.1 Å². The highest BCUT2D eigenvalue weighted by Crippen LogP contribution is 2.71. The molecule has 4 heterocycles. The fourth-order valence-electron chi connectivity index (χ4n) is 13.8. The van der Waals surface area contributed by atoms with Crippen LogP contribution in [0.2, 0.25) is 0 Å². The lowest BCUT2D eigenvalue weighted by atomic mass is 9.44. The lowest BCUT2D eigenvalue weighted by Gasteiger charge is -2.61. The second-order valence-electron chi connectivity index (χ2n) is 21.1. The van der Waals surface area contributed by atoms with Crippen molar-refractivity contribution in [3.8, 4) is 0 Å². The van der Waals surface area contributed by atoms with Gasteiger partial charge in [-0.25, -0.2) is 0 Å². The molecular weight excluding hydrogens is 816 g/mol. The molecule has 0 aromatic heterocycles. The molecule has 0 aromatic rings. The van der Waals surface area contributed by atoms with E-state index in [0.717, 1.165) is 51.4 Å². The van der Waals surface area contributed by atoms with Crippen LogP contribution in [0, 0.1) is 52.3 Å². The maximum atomic E-state index is 12.0. The number of rotatable bonds is 12. The molecule has 8 aliphatic rings. The molecule has 0 bridgehead atoms. The zero-order chi connectivity index (χ0) is 44.6. The van der Waals surface area contributed by atoms with Crippen LogP contribution >= 0.6 is 0 Å². The fourth-order valence-corrected chi connectivity index (χ4v) is 13.8. The van der Waals surface area contributed by atoms with E-state index in [-0.39, 0.29) is 60.6 Å². The molecule has 4 aliphatic carbocycles. The maximum absolute atomic E-state index is 12.0. The Kier molecular flexibility index (Phi) is 14.2. The predicted molar refractivity (Wildman–Crippen MR) is 213 cm³/mol. The summed E-state index contributed by atoms with van der Waals surface area (Å²) < 4.78 is 41.2. The normalized spacial score (nSPS) is 55.8. The minimum atomic E-state index is -1.57. The van der Waals surface area contributed by atoms with Gasteiger partial charge in [0, 0.05) is 12.3 Å². The van der Waals surface area contributed by atoms with Gasteiger partial charge in [0.05, 0.1) is 38.6 Å². The third-order valence-electron chi connectivity index (χ3n) is 17.6. The number of fused-ring (bicyclic) bond motifs is 7. The first kappa shape index (κ1) is 47.8. The largest absolute Gasteiger partial charge is 0.394 e. The van der Waals surface area contributed by atoms with E-state index in [0.29, 0.717) is 36.5 Å². The SMILES string of the molecule is C[C@@H](CCC1(O)O[C@H]2C[C@H]3[C@@H]4CC[C@H]5C[C@@H](O[C@@H]6O[C@H](CO[C@@H]7OC[C@@H](O)[C@H](O)[C@H]7O)[C@@H](O)[C@H](O)[C@H]6O)CC[C@]5(C)[C@H]4CC[C@]3(C)[C@H]2[C@@H]1C)CO[C@@H]1O[C@H](CO)[C@@H](O)[C@H](O)[C@H]1O. The van der Waals surface area contributed by atoms with Crippen molar-refractivity contribution >= 4 is 0 Å². The van der Waals surface area contributed by atoms with Crippen LogP contribution < -0.4 is 0 Å². The second kappa shape index (κ2) is 18.4. The van der Waals surface area contributed by atoms with E-state index in [1.54, 1.807) is 0 Å². The topological polar surface area (TPSA) is 287 Å². The molecule has 0 radical (unpaired) electrons. The quantitative estimate of drug-likeness (QED) is 0.103. The Bertz CT molecular complexity index is 1510. The Morgan fingerprint density at radius 3 is 2.08 bits per heavy atom. The smallest absolute Gasteiger partial charge is 0.186 e. The van der Waals surface area contributed by atoms with Gasteiger partial charge in [-0.05, 0) is 104 Å². The van der Waals surface area contributed by atoms with Crippen molar-refractivity contribution < 1.29 is 89.3 Å². The van der Waals surface area contributed by atoms with Crippen molar-refractivity contribution in [3.63, 3.8) is 0 Å². The standard InChI is InChI=1S/C44H74O18/c1-19(16-56-40-37(53)34(50)32(48)28(15-45)60-40)7-12-44(55)20(2)30-27(62-44)14-25-23-6-5-21-13-22(8-10-42(21,3)24(23)9-11-43(25,30)4)59-41-38(54)35(51)33(49)29(61-41)18-58-39-36(52)31(47)26(46)17-57-39/h19-41,45-55H,5-18H2,1-4H3/t19-,20-,21-,22-,23+,24-,25-,26+,27-,28+,29+,30-,31-,32+,33+,34-,35-,36+,37+,38+,39-,40+,41+,42-,43-,44?/m0/s1. The summed E-state index contributed by atoms with van der Waals surface area (Å²) in [4.78, 5) is 0. The second-order valence-corrected chi connectivity index (χ2v) is 21.1. The first-order chi connectivity index (χ1) is 29.3. The number of hydrogen-bond donors (Lipinski definition) is 11. The third kappa shape index (κ3) is 8.46. The van der Waals surface area contributed by atoms with Crippen LogP contribution in [-0.2, 0) is 33.2 Å². The van der Waals surface area contributed by atoms with Crippen LogP contribution in [0.1, 0.15) is 91.9 Å². The molecule has 8 rings (SSSR count). The van der Waals surface area contributed by atoms with Crippen LogP contribution in [0.25, 0.3) is 0 Å². The lowest BCUT2D eigenvalue weighted by Crippen LogP contribution is -2.61. The third-order valence-corrected chi connectivity index (χ3v) is 17.6. The molecule has 18 nitrogen and oxygen atoms in total. The summed E-state index contributed by atoms with van der Waals surface area (Å²) in [6, 6.07) is 0. The van der Waals surface area contributed by atoms with E-state index in [2.05, 4.69) is 20.8 Å². The van der Waals surface area contributed by atoms with Crippen molar-refractivity contribution in [2.75, 3.05) is 26.4 Å². The molecule has 26 atom stereocenters. The van der Waals surface area contributed by atoms with Gasteiger partial charge in [-0.3, -0.25) is 0 Å². The molecule has 8 fully saturated rings. The zero-order valence-corrected chi connectivity index (χ0v) is 36.5. The summed E-state index contributed by atoms with van der Waals surface area (Å²) in [6.45, 7) is 8.04. The lowest BCUT2D eigenvalue weighted by molar-refractivity contribution is -0.331. The van der Waals surface area contributed by atoms with Gasteiger partial charge in [-0.1, -0.05) is 27.7 Å². The van der Waals surface area contributed by atoms with E-state index >= 15 is 0 Å². The molecule has 11 N–H and O–H groups in total. The molecule has 4 saturated carbocycles. The Hall–Kier alpha value is -0.720. The summed E-state index contributed by atoms with van der Waals surface area (Å²) in [5.74, 6) is 0.766. The highest BCUT2D eigenvalue weighted by Gasteiger charge is 2.68. The van der Waals surface area contributed by atoms with Crippen molar-refractivity contribution in [3.05, 3.63) is 0 Å². The first-order valence-electron chi connectivity index (χ1n) is 23.3. The summed E-state index contributed by atoms with van der Waals surface area (Å²) in [6.07, 6.45) is -10.7. The van der Waals surface area contributed by atoms with Gasteiger partial charge < -0.3 is 89.3 Å². The van der Waals surface area contributed by atoms with E-state index in [4.69, 9.17) is 33.2 Å². The Morgan fingerprint density at radius 1 is 0.694 bits per heavy atom. The van der Waals surface area contributed by atoms with Crippen molar-refractivity contribution in [1.82, 2.24) is 0 Å². The van der Waals surface area contributed by atoms with Gasteiger partial charge in [0.2, 0.25) is 0 Å². The first-order valence-corrected chi connectivity index (χ1v) is 23.3. The fraction of sp³-hybridized carbons (Fsp3) is 1.00.